The van der Waals surface area contributed by atoms with E-state index < -0.39 is 28.5 Å². The van der Waals surface area contributed by atoms with Gasteiger partial charge in [-0.2, -0.15) is 12.6 Å². The quantitative estimate of drug-likeness (QED) is 0.305. The van der Waals surface area contributed by atoms with Gasteiger partial charge < -0.3 is 15.3 Å². The Morgan fingerprint density at radius 3 is 2.14 bits per heavy atom. The monoisotopic (exact) mass is 338 g/mol. The van der Waals surface area contributed by atoms with Crippen LogP contribution in [-0.2, 0) is 9.59 Å². The molecule has 0 aliphatic carbocycles. The number of aliphatic carboxylic acids is 2. The second-order valence-corrected chi connectivity index (χ2v) is 6.82. The van der Waals surface area contributed by atoms with E-state index in [1.54, 1.807) is 0 Å². The third-order valence-corrected chi connectivity index (χ3v) is 5.27. The average Bonchev–Trinajstić information content (AvgIpc) is 2.42. The van der Waals surface area contributed by atoms with Gasteiger partial charge >= 0.3 is 11.9 Å². The summed E-state index contributed by atoms with van der Waals surface area (Å²) in [6.07, 6.45) is 6.79. The smallest absolute Gasteiger partial charge is 0.318 e. The Morgan fingerprint density at radius 1 is 1.05 bits per heavy atom. The minimum absolute atomic E-state index is 0.219. The molecule has 0 radical (unpaired) electrons. The first-order valence-corrected chi connectivity index (χ1v) is 8.90. The Morgan fingerprint density at radius 2 is 1.62 bits per heavy atom. The summed E-state index contributed by atoms with van der Waals surface area (Å²) in [5.41, 5.74) is 0. The topological polar surface area (TPSA) is 94.8 Å². The number of thiol groups is 1. The molecule has 0 heterocycles. The van der Waals surface area contributed by atoms with Crippen LogP contribution in [0.2, 0.25) is 0 Å². The lowest BCUT2D eigenvalue weighted by atomic mass is 10.1. The summed E-state index contributed by atoms with van der Waals surface area (Å²) >= 11 is 4.74. The van der Waals surface area contributed by atoms with Gasteiger partial charge in [-0.05, 0) is 6.42 Å². The van der Waals surface area contributed by atoms with Crippen molar-refractivity contribution in [3.8, 4) is 0 Å². The number of aliphatic hydroxyl groups is 1. The molecule has 3 N–H and O–H groups in total. The van der Waals surface area contributed by atoms with Crippen molar-refractivity contribution in [3.63, 3.8) is 0 Å². The second kappa shape index (κ2) is 12.2. The summed E-state index contributed by atoms with van der Waals surface area (Å²) < 4.78 is 0. The third kappa shape index (κ3) is 10.0. The van der Waals surface area contributed by atoms with Crippen molar-refractivity contribution in [2.75, 3.05) is 5.75 Å². The maximum atomic E-state index is 11.0. The van der Waals surface area contributed by atoms with Gasteiger partial charge in [-0.3, -0.25) is 9.59 Å². The number of carboxylic acid groups (broad SMARTS) is 2. The van der Waals surface area contributed by atoms with Crippen molar-refractivity contribution < 1.29 is 24.9 Å². The molecule has 0 aromatic rings. The molecule has 0 aliphatic rings. The highest BCUT2D eigenvalue weighted by Crippen LogP contribution is 2.22. The summed E-state index contributed by atoms with van der Waals surface area (Å²) in [6.45, 7) is 2.16. The lowest BCUT2D eigenvalue weighted by molar-refractivity contribution is -0.142. The Balaban J connectivity index is 3.90. The number of thioether (sulfide) groups is 1. The van der Waals surface area contributed by atoms with E-state index in [9.17, 15) is 14.7 Å². The van der Waals surface area contributed by atoms with E-state index in [0.717, 1.165) is 31.0 Å². The molecule has 0 saturated heterocycles. The van der Waals surface area contributed by atoms with Gasteiger partial charge in [0.25, 0.3) is 0 Å². The molecule has 0 aromatic heterocycles. The minimum atomic E-state index is -1.27. The zero-order chi connectivity index (χ0) is 16.3. The van der Waals surface area contributed by atoms with Crippen molar-refractivity contribution in [2.24, 2.45) is 0 Å². The number of hydrogen-bond acceptors (Lipinski definition) is 5. The van der Waals surface area contributed by atoms with E-state index in [4.69, 9.17) is 10.2 Å². The van der Waals surface area contributed by atoms with Gasteiger partial charge in [0.2, 0.25) is 0 Å². The van der Waals surface area contributed by atoms with Gasteiger partial charge in [0.15, 0.2) is 0 Å². The van der Waals surface area contributed by atoms with Crippen LogP contribution >= 0.6 is 24.4 Å². The van der Waals surface area contributed by atoms with Gasteiger partial charge in [0, 0.05) is 5.75 Å². The zero-order valence-electron chi connectivity index (χ0n) is 12.4. The molecule has 0 rings (SSSR count). The molecule has 124 valence electrons. The van der Waals surface area contributed by atoms with Crippen LogP contribution in [0.15, 0.2) is 0 Å². The number of carbonyl (C=O) groups is 2. The molecule has 0 saturated carbocycles. The molecule has 3 atom stereocenters. The van der Waals surface area contributed by atoms with Crippen LogP contribution in [0.4, 0.5) is 0 Å². The van der Waals surface area contributed by atoms with E-state index in [-0.39, 0.29) is 5.75 Å². The maximum Gasteiger partial charge on any atom is 0.318 e. The van der Waals surface area contributed by atoms with Crippen molar-refractivity contribution in [1.29, 1.82) is 0 Å². The highest BCUT2D eigenvalue weighted by atomic mass is 32.2. The van der Waals surface area contributed by atoms with E-state index in [1.165, 1.54) is 19.3 Å². The predicted molar refractivity (Wildman–Crippen MR) is 88.3 cm³/mol. The molecule has 0 fully saturated rings. The largest absolute Gasteiger partial charge is 0.480 e. The van der Waals surface area contributed by atoms with Gasteiger partial charge in [0.05, 0.1) is 6.10 Å². The second-order valence-electron chi connectivity index (χ2n) is 5.09. The van der Waals surface area contributed by atoms with E-state index in [2.05, 4.69) is 19.6 Å². The number of rotatable bonds is 13. The van der Waals surface area contributed by atoms with Crippen LogP contribution in [0, 0.1) is 0 Å². The summed E-state index contributed by atoms with van der Waals surface area (Å²) in [6, 6.07) is 0. The number of unbranched alkanes of at least 4 members (excludes halogenated alkanes) is 5. The summed E-state index contributed by atoms with van der Waals surface area (Å²) in [5.74, 6) is -2.26. The number of carboxylic acids is 2. The molecule has 3 unspecified atom stereocenters. The van der Waals surface area contributed by atoms with Gasteiger partial charge in [-0.25, -0.2) is 0 Å². The van der Waals surface area contributed by atoms with Crippen LogP contribution < -0.4 is 0 Å². The van der Waals surface area contributed by atoms with E-state index in [1.807, 2.05) is 0 Å². The number of hydrogen-bond donors (Lipinski definition) is 4. The number of aliphatic hydroxyl groups excluding tert-OH is 1. The normalized spacial score (nSPS) is 15.4. The van der Waals surface area contributed by atoms with Crippen LogP contribution in [0.25, 0.3) is 0 Å². The van der Waals surface area contributed by atoms with Crippen LogP contribution in [-0.4, -0.2) is 49.6 Å². The summed E-state index contributed by atoms with van der Waals surface area (Å²) in [5, 5.41) is 25.2. The highest BCUT2D eigenvalue weighted by Gasteiger charge is 2.31. The lowest BCUT2D eigenvalue weighted by Crippen LogP contribution is -2.34. The molecule has 7 heteroatoms. The van der Waals surface area contributed by atoms with Gasteiger partial charge in [-0.15, -0.1) is 11.8 Å². The van der Waals surface area contributed by atoms with Crippen LogP contribution in [0.1, 0.15) is 51.9 Å². The fraction of sp³-hybridized carbons (Fsp3) is 0.857. The molecular weight excluding hydrogens is 312 g/mol. The molecular formula is C14H26O5S2. The van der Waals surface area contributed by atoms with Crippen molar-refractivity contribution >= 4 is 36.3 Å². The SMILES string of the molecule is CCCCCCCCC(O)CSC(C(=O)O)C(S)C(=O)O. The predicted octanol–water partition coefficient (Wildman–Crippen LogP) is 2.67. The first-order valence-electron chi connectivity index (χ1n) is 7.33. The maximum absolute atomic E-state index is 11.0. The summed E-state index contributed by atoms with van der Waals surface area (Å²) in [7, 11) is 0. The lowest BCUT2D eigenvalue weighted by Gasteiger charge is -2.17. The van der Waals surface area contributed by atoms with Crippen molar-refractivity contribution in [2.45, 2.75) is 68.5 Å². The Labute approximate surface area is 135 Å². The third-order valence-electron chi connectivity index (χ3n) is 3.14. The van der Waals surface area contributed by atoms with E-state index in [0.29, 0.717) is 6.42 Å². The van der Waals surface area contributed by atoms with Crippen LogP contribution in [0.3, 0.4) is 0 Å². The first-order chi connectivity index (χ1) is 9.90. The fourth-order valence-corrected chi connectivity index (χ4v) is 3.31. The summed E-state index contributed by atoms with van der Waals surface area (Å²) in [4.78, 5) is 21.8. The average molecular weight is 338 g/mol. The fourth-order valence-electron chi connectivity index (χ4n) is 1.89. The molecule has 0 aliphatic heterocycles. The van der Waals surface area contributed by atoms with Crippen molar-refractivity contribution in [3.05, 3.63) is 0 Å². The van der Waals surface area contributed by atoms with Crippen molar-refractivity contribution in [1.82, 2.24) is 0 Å². The zero-order valence-corrected chi connectivity index (χ0v) is 14.1. The molecule has 0 aromatic carbocycles. The molecule has 5 nitrogen and oxygen atoms in total. The van der Waals surface area contributed by atoms with E-state index >= 15 is 0 Å². The Hall–Kier alpha value is -0.400. The molecule has 0 amide bonds. The standard InChI is InChI=1S/C14H26O5S2/c1-2-3-4-5-6-7-8-10(15)9-21-12(14(18)19)11(20)13(16)17/h10-12,15,20H,2-9H2,1H3,(H,16,17)(H,18,19). The first kappa shape index (κ1) is 20.6. The Bertz CT molecular complexity index is 312. The highest BCUT2D eigenvalue weighted by molar-refractivity contribution is 8.01. The molecule has 21 heavy (non-hydrogen) atoms. The van der Waals surface area contributed by atoms with Gasteiger partial charge in [0.1, 0.15) is 10.5 Å². The Kier molecular flexibility index (Phi) is 11.9. The molecule has 0 spiro atoms. The van der Waals surface area contributed by atoms with Crippen LogP contribution in [0.5, 0.6) is 0 Å². The van der Waals surface area contributed by atoms with Gasteiger partial charge in [-0.1, -0.05) is 45.4 Å². The minimum Gasteiger partial charge on any atom is -0.480 e. The molecule has 0 bridgehead atoms.